The number of fused-ring (bicyclic) bond motifs is 1. The van der Waals surface area contributed by atoms with Crippen LogP contribution >= 0.6 is 0 Å². The summed E-state index contributed by atoms with van der Waals surface area (Å²) in [6, 6.07) is 1.47. The molecule has 3 aromatic heterocycles. The quantitative estimate of drug-likeness (QED) is 0.327. The minimum Gasteiger partial charge on any atom is -0.476 e. The number of imidazole rings is 1. The number of nitrogens with two attached hydrogens (primary N) is 1. The van der Waals surface area contributed by atoms with E-state index >= 15 is 0 Å². The third-order valence-electron chi connectivity index (χ3n) is 4.09. The summed E-state index contributed by atoms with van der Waals surface area (Å²) >= 11 is 0. The van der Waals surface area contributed by atoms with Crippen molar-refractivity contribution >= 4 is 23.0 Å². The number of nitrogen functional groups attached to an aromatic ring is 1. The molecule has 3 aromatic rings. The zero-order chi connectivity index (χ0) is 21.4. The molecule has 0 aromatic carbocycles. The molecule has 0 aliphatic heterocycles. The van der Waals surface area contributed by atoms with E-state index in [1.165, 1.54) is 12.4 Å². The number of aryl methyl sites for hydroxylation is 1. The Balaban J connectivity index is 0.000000278. The summed E-state index contributed by atoms with van der Waals surface area (Å²) in [5.74, 6) is -0.668. The monoisotopic (exact) mass is 406 g/mol. The van der Waals surface area contributed by atoms with Crippen LogP contribution in [0.1, 0.15) is 23.1 Å². The Morgan fingerprint density at radius 2 is 2.14 bits per heavy atom. The van der Waals surface area contributed by atoms with Crippen molar-refractivity contribution in [3.05, 3.63) is 30.1 Å². The van der Waals surface area contributed by atoms with Crippen molar-refractivity contribution in [2.24, 2.45) is 0 Å². The first-order valence-corrected chi connectivity index (χ1v) is 9.03. The normalized spacial score (nSPS) is 12.0. The van der Waals surface area contributed by atoms with E-state index in [4.69, 9.17) is 15.9 Å². The van der Waals surface area contributed by atoms with Crippen LogP contribution in [0.5, 0.6) is 0 Å². The fraction of sp³-hybridized carbons (Fsp3) is 0.471. The van der Waals surface area contributed by atoms with Gasteiger partial charge in [-0.1, -0.05) is 6.92 Å². The molecular weight excluding hydrogens is 380 g/mol. The SMILES string of the molecule is CCN(CCO)CC(O)Cn1cnc2c(N)ncnc21.Cc1cc(C(=O)O)n[nH]1. The van der Waals surface area contributed by atoms with Gasteiger partial charge in [0.25, 0.3) is 0 Å². The Bertz CT molecular complexity index is 925. The average molecular weight is 406 g/mol. The van der Waals surface area contributed by atoms with Gasteiger partial charge in [0.2, 0.25) is 0 Å². The zero-order valence-electron chi connectivity index (χ0n) is 16.4. The van der Waals surface area contributed by atoms with Gasteiger partial charge in [-0.2, -0.15) is 5.10 Å². The molecule has 0 aliphatic carbocycles. The molecule has 12 heteroatoms. The van der Waals surface area contributed by atoms with Gasteiger partial charge in [-0.05, 0) is 19.5 Å². The number of nitrogens with zero attached hydrogens (tertiary/aromatic N) is 6. The highest BCUT2D eigenvalue weighted by molar-refractivity contribution is 5.85. The standard InChI is InChI=1S/C12H20N6O2.C5H6N2O2/c1-2-17(3-4-19)5-9(20)6-18-8-16-10-11(13)14-7-15-12(10)18;1-3-2-4(5(8)9)7-6-3/h7-9,19-20H,2-6H2,1H3,(H2,13,14,15);2H,1H3,(H,6,7)(H,8,9). The molecule has 0 saturated carbocycles. The van der Waals surface area contributed by atoms with E-state index in [0.29, 0.717) is 36.6 Å². The third-order valence-corrected chi connectivity index (χ3v) is 4.09. The molecule has 0 spiro atoms. The molecule has 0 amide bonds. The van der Waals surface area contributed by atoms with Gasteiger partial charge in [-0.25, -0.2) is 19.7 Å². The van der Waals surface area contributed by atoms with Crippen LogP contribution in [0.25, 0.3) is 11.2 Å². The number of rotatable bonds is 8. The Kier molecular flexibility index (Phi) is 8.00. The van der Waals surface area contributed by atoms with Gasteiger partial charge in [-0.3, -0.25) is 10.00 Å². The zero-order valence-corrected chi connectivity index (χ0v) is 16.4. The van der Waals surface area contributed by atoms with Crippen molar-refractivity contribution in [3.8, 4) is 0 Å². The van der Waals surface area contributed by atoms with Crippen LogP contribution in [-0.4, -0.2) is 88.3 Å². The molecule has 29 heavy (non-hydrogen) atoms. The number of aliphatic hydroxyl groups excluding tert-OH is 2. The smallest absolute Gasteiger partial charge is 0.356 e. The Hall–Kier alpha value is -3.09. The summed E-state index contributed by atoms with van der Waals surface area (Å²) in [6.07, 6.45) is 2.41. The van der Waals surface area contributed by atoms with Crippen molar-refractivity contribution in [2.75, 3.05) is 32.0 Å². The van der Waals surface area contributed by atoms with Crippen LogP contribution in [-0.2, 0) is 6.54 Å². The lowest BCUT2D eigenvalue weighted by atomic mass is 10.3. The minimum absolute atomic E-state index is 0.0625. The number of hydrogen-bond donors (Lipinski definition) is 5. The molecule has 0 aliphatic rings. The molecular formula is C17H26N8O4. The van der Waals surface area contributed by atoms with Gasteiger partial charge in [0.1, 0.15) is 11.8 Å². The number of likely N-dealkylation sites (N-methyl/N-ethyl adjacent to an activating group) is 1. The van der Waals surface area contributed by atoms with Crippen molar-refractivity contribution in [1.29, 1.82) is 0 Å². The lowest BCUT2D eigenvalue weighted by Gasteiger charge is -2.22. The highest BCUT2D eigenvalue weighted by atomic mass is 16.4. The van der Waals surface area contributed by atoms with E-state index in [2.05, 4.69) is 25.1 Å². The maximum Gasteiger partial charge on any atom is 0.356 e. The van der Waals surface area contributed by atoms with Crippen LogP contribution in [0.3, 0.4) is 0 Å². The number of anilines is 1. The lowest BCUT2D eigenvalue weighted by Crippen LogP contribution is -2.36. The number of aromatic carboxylic acids is 1. The number of carboxylic acid groups (broad SMARTS) is 1. The summed E-state index contributed by atoms with van der Waals surface area (Å²) in [4.78, 5) is 24.3. The second-order valence-electron chi connectivity index (χ2n) is 6.34. The first kappa shape index (κ1) is 22.2. The molecule has 1 unspecified atom stereocenters. The van der Waals surface area contributed by atoms with Crippen molar-refractivity contribution < 1.29 is 20.1 Å². The van der Waals surface area contributed by atoms with Crippen LogP contribution in [0.4, 0.5) is 5.82 Å². The minimum atomic E-state index is -1.00. The van der Waals surface area contributed by atoms with Crippen LogP contribution in [0.15, 0.2) is 18.7 Å². The van der Waals surface area contributed by atoms with Gasteiger partial charge in [-0.15, -0.1) is 0 Å². The van der Waals surface area contributed by atoms with Gasteiger partial charge < -0.3 is 25.6 Å². The van der Waals surface area contributed by atoms with E-state index in [-0.39, 0.29) is 12.3 Å². The van der Waals surface area contributed by atoms with Gasteiger partial charge >= 0.3 is 5.97 Å². The maximum absolute atomic E-state index is 10.1. The highest BCUT2D eigenvalue weighted by Crippen LogP contribution is 2.14. The van der Waals surface area contributed by atoms with Crippen molar-refractivity contribution in [2.45, 2.75) is 26.5 Å². The van der Waals surface area contributed by atoms with Crippen LogP contribution in [0.2, 0.25) is 0 Å². The summed E-state index contributed by atoms with van der Waals surface area (Å²) in [5.41, 5.74) is 7.69. The number of H-pyrrole nitrogens is 1. The van der Waals surface area contributed by atoms with Crippen molar-refractivity contribution in [1.82, 2.24) is 34.6 Å². The predicted molar refractivity (Wildman–Crippen MR) is 105 cm³/mol. The molecule has 3 heterocycles. The van der Waals surface area contributed by atoms with Crippen LogP contribution < -0.4 is 5.73 Å². The first-order valence-electron chi connectivity index (χ1n) is 9.03. The molecule has 3 rings (SSSR count). The fourth-order valence-electron chi connectivity index (χ4n) is 2.66. The summed E-state index contributed by atoms with van der Waals surface area (Å²) in [6.45, 7) is 6.00. The van der Waals surface area contributed by atoms with Gasteiger partial charge in [0.05, 0.1) is 25.6 Å². The Morgan fingerprint density at radius 3 is 2.69 bits per heavy atom. The number of hydrogen-bond acceptors (Lipinski definition) is 9. The molecule has 0 radical (unpaired) electrons. The van der Waals surface area contributed by atoms with E-state index in [9.17, 15) is 9.90 Å². The molecule has 1 atom stereocenters. The average Bonchev–Trinajstić information content (AvgIpc) is 3.29. The molecule has 0 fully saturated rings. The molecule has 158 valence electrons. The topological polar surface area (TPSA) is 179 Å². The summed E-state index contributed by atoms with van der Waals surface area (Å²) in [7, 11) is 0. The maximum atomic E-state index is 10.1. The molecule has 0 bridgehead atoms. The lowest BCUT2D eigenvalue weighted by molar-refractivity contribution is 0.0690. The predicted octanol–water partition coefficient (Wildman–Crippen LogP) is -0.500. The van der Waals surface area contributed by atoms with Crippen LogP contribution in [0, 0.1) is 6.92 Å². The van der Waals surface area contributed by atoms with Gasteiger partial charge in [0.15, 0.2) is 17.2 Å². The number of carbonyl (C=O) groups is 1. The second-order valence-corrected chi connectivity index (χ2v) is 6.34. The second kappa shape index (κ2) is 10.5. The van der Waals surface area contributed by atoms with E-state index in [0.717, 1.165) is 12.2 Å². The molecule has 6 N–H and O–H groups in total. The number of carboxylic acids is 1. The first-order chi connectivity index (χ1) is 13.8. The van der Waals surface area contributed by atoms with E-state index < -0.39 is 12.1 Å². The highest BCUT2D eigenvalue weighted by Gasteiger charge is 2.14. The number of aromatic nitrogens is 6. The van der Waals surface area contributed by atoms with Gasteiger partial charge in [0, 0.05) is 18.8 Å². The van der Waals surface area contributed by atoms with Crippen molar-refractivity contribution in [3.63, 3.8) is 0 Å². The summed E-state index contributed by atoms with van der Waals surface area (Å²) < 4.78 is 1.75. The van der Waals surface area contributed by atoms with E-state index in [1.54, 1.807) is 17.8 Å². The fourth-order valence-corrected chi connectivity index (χ4v) is 2.66. The number of nitrogens with one attached hydrogen (secondary N) is 1. The largest absolute Gasteiger partial charge is 0.476 e. The number of aliphatic hydroxyl groups is 2. The summed E-state index contributed by atoms with van der Waals surface area (Å²) in [5, 5.41) is 33.4. The third kappa shape index (κ3) is 6.20. The molecule has 0 saturated heterocycles. The molecule has 12 nitrogen and oxygen atoms in total. The Labute approximate surface area is 167 Å². The van der Waals surface area contributed by atoms with E-state index in [1.807, 2.05) is 11.8 Å². The Morgan fingerprint density at radius 1 is 1.38 bits per heavy atom. The number of aromatic amines is 1.